The number of fused-ring (bicyclic) bond motifs is 1. The average Bonchev–Trinajstić information content (AvgIpc) is 2.93. The van der Waals surface area contributed by atoms with Gasteiger partial charge < -0.3 is 10.1 Å². The average molecular weight is 374 g/mol. The number of amides is 2. The van der Waals surface area contributed by atoms with E-state index in [9.17, 15) is 9.59 Å². The molecule has 0 fully saturated rings. The zero-order valence-corrected chi connectivity index (χ0v) is 15.6. The standard InChI is InChI=1S/C19H20ClN3O3/c1-19(2,3)26-18(25)23-11-13-15(17(23)24)14(10-22-16(13)20)21-9-12-7-5-4-6-8-12/h4-8,10,21H,9,11H2,1-3H3. The summed E-state index contributed by atoms with van der Waals surface area (Å²) in [6, 6.07) is 9.78. The van der Waals surface area contributed by atoms with Crippen LogP contribution in [0.5, 0.6) is 0 Å². The van der Waals surface area contributed by atoms with E-state index in [0.717, 1.165) is 10.5 Å². The predicted octanol–water partition coefficient (Wildman–Crippen LogP) is 4.24. The minimum absolute atomic E-state index is 0.0514. The number of nitrogens with zero attached hydrogens (tertiary/aromatic N) is 2. The maximum atomic E-state index is 12.8. The van der Waals surface area contributed by atoms with Crippen molar-refractivity contribution in [1.82, 2.24) is 9.88 Å². The lowest BCUT2D eigenvalue weighted by atomic mass is 10.1. The molecule has 7 heteroatoms. The zero-order valence-electron chi connectivity index (χ0n) is 14.9. The Morgan fingerprint density at radius 2 is 2.00 bits per heavy atom. The number of halogens is 1. The number of anilines is 1. The largest absolute Gasteiger partial charge is 0.443 e. The van der Waals surface area contributed by atoms with E-state index in [-0.39, 0.29) is 11.7 Å². The summed E-state index contributed by atoms with van der Waals surface area (Å²) in [4.78, 5) is 30.3. The van der Waals surface area contributed by atoms with Crippen molar-refractivity contribution in [3.63, 3.8) is 0 Å². The van der Waals surface area contributed by atoms with Crippen LogP contribution in [-0.2, 0) is 17.8 Å². The summed E-state index contributed by atoms with van der Waals surface area (Å²) in [5.41, 5.74) is 1.81. The lowest BCUT2D eigenvalue weighted by Crippen LogP contribution is -2.37. The highest BCUT2D eigenvalue weighted by Gasteiger charge is 2.38. The molecule has 3 rings (SSSR count). The van der Waals surface area contributed by atoms with E-state index >= 15 is 0 Å². The molecule has 1 aromatic heterocycles. The van der Waals surface area contributed by atoms with Crippen molar-refractivity contribution in [2.24, 2.45) is 0 Å². The van der Waals surface area contributed by atoms with Gasteiger partial charge in [0.2, 0.25) is 0 Å². The van der Waals surface area contributed by atoms with Crippen LogP contribution in [0.4, 0.5) is 10.5 Å². The predicted molar refractivity (Wildman–Crippen MR) is 99.1 cm³/mol. The van der Waals surface area contributed by atoms with Crippen molar-refractivity contribution in [2.75, 3.05) is 5.32 Å². The molecule has 0 aliphatic carbocycles. The number of carbonyl (C=O) groups is 2. The van der Waals surface area contributed by atoms with Gasteiger partial charge in [-0.3, -0.25) is 4.79 Å². The van der Waals surface area contributed by atoms with Crippen LogP contribution in [0.15, 0.2) is 36.5 Å². The van der Waals surface area contributed by atoms with Crippen molar-refractivity contribution < 1.29 is 14.3 Å². The highest BCUT2D eigenvalue weighted by Crippen LogP contribution is 2.34. The minimum atomic E-state index is -0.692. The quantitative estimate of drug-likeness (QED) is 0.815. The monoisotopic (exact) mass is 373 g/mol. The third kappa shape index (κ3) is 3.80. The van der Waals surface area contributed by atoms with Crippen LogP contribution in [0.2, 0.25) is 5.15 Å². The van der Waals surface area contributed by atoms with Gasteiger partial charge in [-0.15, -0.1) is 0 Å². The summed E-state index contributed by atoms with van der Waals surface area (Å²) >= 11 is 6.16. The fourth-order valence-corrected chi connectivity index (χ4v) is 2.88. The van der Waals surface area contributed by atoms with Crippen LogP contribution >= 0.6 is 11.6 Å². The first kappa shape index (κ1) is 18.2. The smallest absolute Gasteiger partial charge is 0.417 e. The van der Waals surface area contributed by atoms with Crippen LogP contribution in [0.1, 0.15) is 42.3 Å². The molecule has 0 bridgehead atoms. The van der Waals surface area contributed by atoms with Crippen molar-refractivity contribution in [3.05, 3.63) is 58.4 Å². The molecule has 1 aliphatic rings. The Morgan fingerprint density at radius 1 is 1.31 bits per heavy atom. The van der Waals surface area contributed by atoms with E-state index in [0.29, 0.717) is 23.4 Å². The second-order valence-electron chi connectivity index (χ2n) is 7.03. The Hall–Kier alpha value is -2.60. The number of aromatic nitrogens is 1. The summed E-state index contributed by atoms with van der Waals surface area (Å²) in [7, 11) is 0. The van der Waals surface area contributed by atoms with Crippen LogP contribution in [-0.4, -0.2) is 27.5 Å². The molecule has 2 amide bonds. The summed E-state index contributed by atoms with van der Waals surface area (Å²) in [5.74, 6) is -0.436. The molecule has 1 N–H and O–H groups in total. The molecule has 26 heavy (non-hydrogen) atoms. The van der Waals surface area contributed by atoms with Gasteiger partial charge in [-0.25, -0.2) is 14.7 Å². The van der Waals surface area contributed by atoms with E-state index in [1.165, 1.54) is 6.20 Å². The zero-order chi connectivity index (χ0) is 18.9. The normalized spacial score (nSPS) is 13.5. The van der Waals surface area contributed by atoms with Gasteiger partial charge in [0.15, 0.2) is 0 Å². The third-order valence-electron chi connectivity index (χ3n) is 3.84. The summed E-state index contributed by atoms with van der Waals surface area (Å²) in [6.45, 7) is 5.83. The Balaban J connectivity index is 1.84. The third-order valence-corrected chi connectivity index (χ3v) is 4.17. The summed E-state index contributed by atoms with van der Waals surface area (Å²) in [5, 5.41) is 3.42. The molecule has 0 radical (unpaired) electrons. The molecule has 136 valence electrons. The number of carbonyl (C=O) groups excluding carboxylic acids is 2. The summed E-state index contributed by atoms with van der Waals surface area (Å²) < 4.78 is 5.31. The van der Waals surface area contributed by atoms with Crippen molar-refractivity contribution >= 4 is 29.3 Å². The number of nitrogens with one attached hydrogen (secondary N) is 1. The molecule has 6 nitrogen and oxygen atoms in total. The maximum Gasteiger partial charge on any atom is 0.417 e. The number of rotatable bonds is 3. The molecule has 1 aliphatic heterocycles. The number of imide groups is 1. The highest BCUT2D eigenvalue weighted by molar-refractivity contribution is 6.31. The van der Waals surface area contributed by atoms with Gasteiger partial charge in [0.1, 0.15) is 10.8 Å². The van der Waals surface area contributed by atoms with Gasteiger partial charge in [0.05, 0.1) is 24.0 Å². The molecular weight excluding hydrogens is 354 g/mol. The van der Waals surface area contributed by atoms with Gasteiger partial charge in [-0.2, -0.15) is 0 Å². The highest BCUT2D eigenvalue weighted by atomic mass is 35.5. The molecular formula is C19H20ClN3O3. The topological polar surface area (TPSA) is 71.5 Å². The van der Waals surface area contributed by atoms with E-state index in [4.69, 9.17) is 16.3 Å². The van der Waals surface area contributed by atoms with Gasteiger partial charge in [0, 0.05) is 12.1 Å². The van der Waals surface area contributed by atoms with E-state index in [1.807, 2.05) is 30.3 Å². The van der Waals surface area contributed by atoms with Crippen molar-refractivity contribution in [2.45, 2.75) is 39.5 Å². The summed E-state index contributed by atoms with van der Waals surface area (Å²) in [6.07, 6.45) is 0.824. The van der Waals surface area contributed by atoms with Gasteiger partial charge in [-0.05, 0) is 26.3 Å². The second kappa shape index (κ2) is 6.96. The van der Waals surface area contributed by atoms with E-state index < -0.39 is 17.6 Å². The lowest BCUT2D eigenvalue weighted by molar-refractivity contribution is 0.0248. The first-order chi connectivity index (χ1) is 12.3. The molecule has 2 aromatic rings. The lowest BCUT2D eigenvalue weighted by Gasteiger charge is -2.23. The second-order valence-corrected chi connectivity index (χ2v) is 7.39. The maximum absolute atomic E-state index is 12.8. The Labute approximate surface area is 157 Å². The van der Waals surface area contributed by atoms with Gasteiger partial charge in [-0.1, -0.05) is 41.9 Å². The van der Waals surface area contributed by atoms with Crippen LogP contribution < -0.4 is 5.32 Å². The number of ether oxygens (including phenoxy) is 1. The number of benzene rings is 1. The first-order valence-electron chi connectivity index (χ1n) is 8.26. The number of hydrogen-bond acceptors (Lipinski definition) is 5. The van der Waals surface area contributed by atoms with E-state index in [2.05, 4.69) is 10.3 Å². The molecule has 0 saturated carbocycles. The molecule has 0 saturated heterocycles. The SMILES string of the molecule is CC(C)(C)OC(=O)N1Cc2c(Cl)ncc(NCc3ccccc3)c2C1=O. The molecule has 1 aromatic carbocycles. The first-order valence-corrected chi connectivity index (χ1v) is 8.64. The van der Waals surface area contributed by atoms with Crippen molar-refractivity contribution in [1.29, 1.82) is 0 Å². The minimum Gasteiger partial charge on any atom is -0.443 e. The Morgan fingerprint density at radius 3 is 2.65 bits per heavy atom. The van der Waals surface area contributed by atoms with Gasteiger partial charge in [0.25, 0.3) is 5.91 Å². The van der Waals surface area contributed by atoms with Crippen molar-refractivity contribution in [3.8, 4) is 0 Å². The Kier molecular flexibility index (Phi) is 4.87. The molecule has 0 spiro atoms. The molecule has 0 atom stereocenters. The fourth-order valence-electron chi connectivity index (χ4n) is 2.67. The van der Waals surface area contributed by atoms with Crippen LogP contribution in [0, 0.1) is 0 Å². The number of hydrogen-bond donors (Lipinski definition) is 1. The molecule has 2 heterocycles. The van der Waals surface area contributed by atoms with Gasteiger partial charge >= 0.3 is 6.09 Å². The van der Waals surface area contributed by atoms with Crippen LogP contribution in [0.3, 0.4) is 0 Å². The molecule has 0 unspecified atom stereocenters. The van der Waals surface area contributed by atoms with E-state index in [1.54, 1.807) is 20.8 Å². The number of pyridine rings is 1. The fraction of sp³-hybridized carbons (Fsp3) is 0.316. The Bertz CT molecular complexity index is 847. The van der Waals surface area contributed by atoms with Crippen LogP contribution in [0.25, 0.3) is 0 Å².